The normalized spacial score (nSPS) is 14.3. The molecule has 4 rings (SSSR count). The Morgan fingerprint density at radius 3 is 2.33 bits per heavy atom. The van der Waals surface area contributed by atoms with E-state index in [-0.39, 0.29) is 17.2 Å². The number of likely N-dealkylation sites (tertiary alicyclic amines) is 1. The van der Waals surface area contributed by atoms with E-state index in [1.54, 1.807) is 72.8 Å². The van der Waals surface area contributed by atoms with E-state index in [2.05, 4.69) is 4.90 Å². The summed E-state index contributed by atoms with van der Waals surface area (Å²) in [5.74, 6) is 0.810. The van der Waals surface area contributed by atoms with Crippen LogP contribution in [0.15, 0.2) is 77.7 Å². The van der Waals surface area contributed by atoms with Crippen LogP contribution in [0.4, 0.5) is 5.69 Å². The van der Waals surface area contributed by atoms with Crippen molar-refractivity contribution in [2.45, 2.75) is 31.2 Å². The number of hydrogen-bond acceptors (Lipinski definition) is 5. The molecule has 0 bridgehead atoms. The third-order valence-electron chi connectivity index (χ3n) is 5.85. The third-order valence-corrected chi connectivity index (χ3v) is 7.63. The van der Waals surface area contributed by atoms with Gasteiger partial charge in [-0.1, -0.05) is 29.8 Å². The Morgan fingerprint density at radius 1 is 0.970 bits per heavy atom. The van der Waals surface area contributed by atoms with Crippen LogP contribution >= 0.6 is 0 Å². The van der Waals surface area contributed by atoms with Gasteiger partial charge in [0, 0.05) is 6.54 Å². The van der Waals surface area contributed by atoms with Gasteiger partial charge in [0.1, 0.15) is 18.1 Å². The van der Waals surface area contributed by atoms with Crippen LogP contribution in [0, 0.1) is 6.92 Å². The molecule has 1 aliphatic rings. The quantitative estimate of drug-likeness (QED) is 0.500. The van der Waals surface area contributed by atoms with Crippen LogP contribution in [0.5, 0.6) is 11.5 Å². The SMILES string of the molecule is Cc1ccc(S(=O)(=O)N(Cc2cccc(O)c2)c2ccc(OCCN3CCCC3)cc2)cc1. The van der Waals surface area contributed by atoms with Gasteiger partial charge in [0.15, 0.2) is 0 Å². The molecule has 0 amide bonds. The Kier molecular flexibility index (Phi) is 7.20. The number of sulfonamides is 1. The van der Waals surface area contributed by atoms with E-state index in [4.69, 9.17) is 4.74 Å². The molecule has 0 unspecified atom stereocenters. The Labute approximate surface area is 196 Å². The van der Waals surface area contributed by atoms with Gasteiger partial charge < -0.3 is 9.84 Å². The summed E-state index contributed by atoms with van der Waals surface area (Å²) in [4.78, 5) is 2.61. The number of aromatic hydroxyl groups is 1. The average molecular weight is 467 g/mol. The van der Waals surface area contributed by atoms with Crippen molar-refractivity contribution in [3.8, 4) is 11.5 Å². The second kappa shape index (κ2) is 10.3. The summed E-state index contributed by atoms with van der Waals surface area (Å²) in [7, 11) is -3.82. The summed E-state index contributed by atoms with van der Waals surface area (Å²) in [5.41, 5.74) is 2.21. The van der Waals surface area contributed by atoms with Crippen LogP contribution in [0.2, 0.25) is 0 Å². The van der Waals surface area contributed by atoms with Gasteiger partial charge in [-0.2, -0.15) is 0 Å². The van der Waals surface area contributed by atoms with Crippen molar-refractivity contribution in [2.75, 3.05) is 30.5 Å². The Balaban J connectivity index is 1.56. The number of hydrogen-bond donors (Lipinski definition) is 1. The van der Waals surface area contributed by atoms with Crippen LogP contribution in [0.3, 0.4) is 0 Å². The summed E-state index contributed by atoms with van der Waals surface area (Å²) in [6.07, 6.45) is 2.50. The van der Waals surface area contributed by atoms with Gasteiger partial charge in [-0.3, -0.25) is 9.21 Å². The zero-order chi connectivity index (χ0) is 23.3. The highest BCUT2D eigenvalue weighted by Gasteiger charge is 2.25. The molecule has 0 radical (unpaired) electrons. The van der Waals surface area contributed by atoms with E-state index >= 15 is 0 Å². The molecule has 1 aliphatic heterocycles. The molecular weight excluding hydrogens is 436 g/mol. The van der Waals surface area contributed by atoms with Crippen molar-refractivity contribution in [3.05, 3.63) is 83.9 Å². The van der Waals surface area contributed by atoms with E-state index < -0.39 is 10.0 Å². The second-order valence-corrected chi connectivity index (χ2v) is 10.2. The second-order valence-electron chi connectivity index (χ2n) is 8.39. The highest BCUT2D eigenvalue weighted by Crippen LogP contribution is 2.28. The summed E-state index contributed by atoms with van der Waals surface area (Å²) in [5, 5.41) is 9.86. The number of phenols is 1. The number of aryl methyl sites for hydroxylation is 1. The molecule has 1 heterocycles. The Hall–Kier alpha value is -3.03. The lowest BCUT2D eigenvalue weighted by molar-refractivity contribution is 0.238. The minimum absolute atomic E-state index is 0.0970. The first-order valence-electron chi connectivity index (χ1n) is 11.2. The zero-order valence-corrected chi connectivity index (χ0v) is 19.7. The lowest BCUT2D eigenvalue weighted by Crippen LogP contribution is -2.30. The minimum atomic E-state index is -3.82. The molecule has 0 spiro atoms. The van der Waals surface area contributed by atoms with Crippen molar-refractivity contribution >= 4 is 15.7 Å². The molecular formula is C26H30N2O4S. The molecule has 0 saturated carbocycles. The van der Waals surface area contributed by atoms with Crippen molar-refractivity contribution in [2.24, 2.45) is 0 Å². The predicted octanol–water partition coefficient (Wildman–Crippen LogP) is 4.57. The number of phenolic OH excluding ortho intramolecular Hbond substituents is 1. The number of anilines is 1. The first-order valence-corrected chi connectivity index (χ1v) is 12.7. The molecule has 1 saturated heterocycles. The van der Waals surface area contributed by atoms with Crippen LogP contribution in [0.1, 0.15) is 24.0 Å². The first-order chi connectivity index (χ1) is 15.9. The van der Waals surface area contributed by atoms with Crippen molar-refractivity contribution in [3.63, 3.8) is 0 Å². The topological polar surface area (TPSA) is 70.1 Å². The molecule has 174 valence electrons. The van der Waals surface area contributed by atoms with E-state index in [0.717, 1.165) is 25.2 Å². The summed E-state index contributed by atoms with van der Waals surface area (Å²) < 4.78 is 34.4. The molecule has 3 aromatic rings. The standard InChI is InChI=1S/C26H30N2O4S/c1-21-7-13-26(14-8-21)33(30,31)28(20-22-5-4-6-24(29)19-22)23-9-11-25(12-10-23)32-18-17-27-15-2-3-16-27/h4-14,19,29H,2-3,15-18,20H2,1H3. The number of benzene rings is 3. The van der Waals surface area contributed by atoms with E-state index in [0.29, 0.717) is 23.6 Å². The maximum atomic E-state index is 13.6. The van der Waals surface area contributed by atoms with Gasteiger partial charge in [0.25, 0.3) is 10.0 Å². The van der Waals surface area contributed by atoms with Crippen molar-refractivity contribution in [1.82, 2.24) is 4.90 Å². The molecule has 0 atom stereocenters. The zero-order valence-electron chi connectivity index (χ0n) is 18.9. The van der Waals surface area contributed by atoms with Gasteiger partial charge in [0.2, 0.25) is 0 Å². The maximum Gasteiger partial charge on any atom is 0.264 e. The minimum Gasteiger partial charge on any atom is -0.508 e. The van der Waals surface area contributed by atoms with Gasteiger partial charge in [-0.05, 0) is 86.9 Å². The van der Waals surface area contributed by atoms with Crippen LogP contribution < -0.4 is 9.04 Å². The highest BCUT2D eigenvalue weighted by atomic mass is 32.2. The van der Waals surface area contributed by atoms with Crippen LogP contribution in [-0.4, -0.2) is 44.7 Å². The number of rotatable bonds is 9. The molecule has 6 nitrogen and oxygen atoms in total. The van der Waals surface area contributed by atoms with Crippen LogP contribution in [0.25, 0.3) is 0 Å². The smallest absolute Gasteiger partial charge is 0.264 e. The van der Waals surface area contributed by atoms with Crippen molar-refractivity contribution < 1.29 is 18.3 Å². The molecule has 7 heteroatoms. The fourth-order valence-electron chi connectivity index (χ4n) is 3.98. The molecule has 0 aliphatic carbocycles. The molecule has 0 aromatic heterocycles. The van der Waals surface area contributed by atoms with Gasteiger partial charge in [0.05, 0.1) is 17.1 Å². The molecule has 1 fully saturated rings. The maximum absolute atomic E-state index is 13.6. The average Bonchev–Trinajstić information content (AvgIpc) is 3.32. The molecule has 3 aromatic carbocycles. The molecule has 1 N–H and O–H groups in total. The summed E-state index contributed by atoms with van der Waals surface area (Å²) >= 11 is 0. The third kappa shape index (κ3) is 5.86. The van der Waals surface area contributed by atoms with Gasteiger partial charge in [-0.15, -0.1) is 0 Å². The van der Waals surface area contributed by atoms with E-state index in [9.17, 15) is 13.5 Å². The Bertz CT molecular complexity index is 1160. The Morgan fingerprint density at radius 2 is 1.67 bits per heavy atom. The fourth-order valence-corrected chi connectivity index (χ4v) is 5.43. The molecule has 33 heavy (non-hydrogen) atoms. The van der Waals surface area contributed by atoms with Crippen LogP contribution in [-0.2, 0) is 16.6 Å². The lowest BCUT2D eigenvalue weighted by Gasteiger charge is -2.25. The van der Waals surface area contributed by atoms with Gasteiger partial charge >= 0.3 is 0 Å². The summed E-state index contributed by atoms with van der Waals surface area (Å²) in [6, 6.07) is 20.6. The number of ether oxygens (including phenoxy) is 1. The lowest BCUT2D eigenvalue weighted by atomic mass is 10.2. The number of nitrogens with zero attached hydrogens (tertiary/aromatic N) is 2. The highest BCUT2D eigenvalue weighted by molar-refractivity contribution is 7.92. The first kappa shape index (κ1) is 23.1. The largest absolute Gasteiger partial charge is 0.508 e. The fraction of sp³-hybridized carbons (Fsp3) is 0.308. The van der Waals surface area contributed by atoms with E-state index in [1.165, 1.54) is 17.1 Å². The van der Waals surface area contributed by atoms with Crippen molar-refractivity contribution in [1.29, 1.82) is 0 Å². The predicted molar refractivity (Wildman–Crippen MR) is 130 cm³/mol. The van der Waals surface area contributed by atoms with Gasteiger partial charge in [-0.25, -0.2) is 8.42 Å². The monoisotopic (exact) mass is 466 g/mol. The van der Waals surface area contributed by atoms with E-state index in [1.807, 2.05) is 6.92 Å². The summed E-state index contributed by atoms with van der Waals surface area (Å²) in [6.45, 7) is 5.77.